The van der Waals surface area contributed by atoms with Gasteiger partial charge in [-0.15, -0.1) is 0 Å². The van der Waals surface area contributed by atoms with Crippen molar-refractivity contribution in [2.24, 2.45) is 0 Å². The largest absolute Gasteiger partial charge is 0.397 e. The van der Waals surface area contributed by atoms with Crippen LogP contribution >= 0.6 is 0 Å². The lowest BCUT2D eigenvalue weighted by Gasteiger charge is -2.18. The number of hydrogen-bond donors (Lipinski definition) is 1. The number of anilines is 2. The summed E-state index contributed by atoms with van der Waals surface area (Å²) in [4.78, 5) is 13.6. The van der Waals surface area contributed by atoms with Gasteiger partial charge in [0.05, 0.1) is 17.1 Å². The number of fused-ring (bicyclic) bond motifs is 1. The summed E-state index contributed by atoms with van der Waals surface area (Å²) in [7, 11) is -3.11. The number of carbonyl (C=O) groups excluding carboxylic acids is 1. The van der Waals surface area contributed by atoms with Crippen molar-refractivity contribution in [1.29, 1.82) is 0 Å². The Bertz CT molecular complexity index is 581. The number of nitrogens with zero attached hydrogens (tertiary/aromatic N) is 1. The van der Waals surface area contributed by atoms with Gasteiger partial charge in [0.2, 0.25) is 5.91 Å². The Labute approximate surface area is 107 Å². The highest BCUT2D eigenvalue weighted by Crippen LogP contribution is 2.33. The summed E-state index contributed by atoms with van der Waals surface area (Å²) in [6.07, 6.45) is 1.91. The minimum absolute atomic E-state index is 0.00656. The molecule has 98 valence electrons. The van der Waals surface area contributed by atoms with Gasteiger partial charge in [0.25, 0.3) is 0 Å². The number of amides is 1. The third kappa shape index (κ3) is 2.64. The van der Waals surface area contributed by atoms with Gasteiger partial charge in [-0.2, -0.15) is 0 Å². The van der Waals surface area contributed by atoms with Crippen LogP contribution in [-0.4, -0.2) is 32.9 Å². The Morgan fingerprint density at radius 1 is 1.44 bits per heavy atom. The van der Waals surface area contributed by atoms with Gasteiger partial charge in [-0.1, -0.05) is 12.1 Å². The minimum atomic E-state index is -3.11. The highest BCUT2D eigenvalue weighted by atomic mass is 32.2. The van der Waals surface area contributed by atoms with E-state index in [-0.39, 0.29) is 18.1 Å². The molecule has 0 bridgehead atoms. The molecule has 2 rings (SSSR count). The maximum Gasteiger partial charge on any atom is 0.228 e. The first-order valence-corrected chi connectivity index (χ1v) is 7.80. The molecule has 0 saturated heterocycles. The molecule has 0 radical (unpaired) electrons. The molecule has 0 saturated carbocycles. The maximum atomic E-state index is 12.0. The Morgan fingerprint density at radius 3 is 2.83 bits per heavy atom. The van der Waals surface area contributed by atoms with Gasteiger partial charge < -0.3 is 10.6 Å². The molecule has 5 nitrogen and oxygen atoms in total. The zero-order valence-electron chi connectivity index (χ0n) is 10.2. The number of hydrogen-bond acceptors (Lipinski definition) is 4. The van der Waals surface area contributed by atoms with Crippen LogP contribution in [0.3, 0.4) is 0 Å². The fourth-order valence-corrected chi connectivity index (χ4v) is 2.69. The Hall–Kier alpha value is -1.56. The third-order valence-electron chi connectivity index (χ3n) is 3.01. The van der Waals surface area contributed by atoms with Crippen LogP contribution in [0.1, 0.15) is 12.0 Å². The molecular formula is C12H16N2O3S. The molecule has 0 atom stereocenters. The molecule has 1 heterocycles. The second kappa shape index (κ2) is 4.61. The van der Waals surface area contributed by atoms with E-state index in [2.05, 4.69) is 0 Å². The van der Waals surface area contributed by atoms with Crippen molar-refractivity contribution in [3.8, 4) is 0 Å². The summed E-state index contributed by atoms with van der Waals surface area (Å²) >= 11 is 0. The smallest absolute Gasteiger partial charge is 0.228 e. The zero-order valence-corrected chi connectivity index (χ0v) is 11.0. The number of rotatable bonds is 3. The maximum absolute atomic E-state index is 12.0. The predicted octanol–water partition coefficient (Wildman–Crippen LogP) is 0.593. The number of benzene rings is 1. The number of para-hydroxylation sites is 1. The van der Waals surface area contributed by atoms with E-state index in [1.165, 1.54) is 0 Å². The summed E-state index contributed by atoms with van der Waals surface area (Å²) < 4.78 is 22.1. The summed E-state index contributed by atoms with van der Waals surface area (Å²) in [6.45, 7) is 0.576. The lowest BCUT2D eigenvalue weighted by molar-refractivity contribution is -0.118. The third-order valence-corrected chi connectivity index (χ3v) is 3.96. The molecule has 0 unspecified atom stereocenters. The van der Waals surface area contributed by atoms with Crippen LogP contribution in [0.25, 0.3) is 0 Å². The first-order chi connectivity index (χ1) is 8.38. The Morgan fingerprint density at radius 2 is 2.17 bits per heavy atom. The molecule has 0 aromatic heterocycles. The average Bonchev–Trinajstić information content (AvgIpc) is 2.70. The summed E-state index contributed by atoms with van der Waals surface area (Å²) in [5.74, 6) is -0.304. The molecule has 2 N–H and O–H groups in total. The minimum Gasteiger partial charge on any atom is -0.397 e. The van der Waals surface area contributed by atoms with Gasteiger partial charge in [0.15, 0.2) is 0 Å². The molecular weight excluding hydrogens is 252 g/mol. The molecule has 1 aromatic rings. The Balaban J connectivity index is 2.16. The Kier molecular flexibility index (Phi) is 3.30. The van der Waals surface area contributed by atoms with Crippen LogP contribution in [0.4, 0.5) is 11.4 Å². The van der Waals surface area contributed by atoms with E-state index in [0.29, 0.717) is 12.2 Å². The number of nitrogens with two attached hydrogens (primary N) is 1. The SMILES string of the molecule is CS(=O)(=O)CCC(=O)N1CCc2cccc(N)c21. The van der Waals surface area contributed by atoms with Gasteiger partial charge in [0.1, 0.15) is 9.84 Å². The van der Waals surface area contributed by atoms with Crippen LogP contribution in [0.5, 0.6) is 0 Å². The lowest BCUT2D eigenvalue weighted by atomic mass is 10.1. The quantitative estimate of drug-likeness (QED) is 0.814. The van der Waals surface area contributed by atoms with Gasteiger partial charge >= 0.3 is 0 Å². The van der Waals surface area contributed by atoms with Gasteiger partial charge in [0, 0.05) is 19.2 Å². The zero-order chi connectivity index (χ0) is 13.3. The van der Waals surface area contributed by atoms with Crippen molar-refractivity contribution in [3.05, 3.63) is 23.8 Å². The molecule has 0 spiro atoms. The predicted molar refractivity (Wildman–Crippen MR) is 71.2 cm³/mol. The molecule has 0 aliphatic carbocycles. The van der Waals surface area contributed by atoms with Crippen molar-refractivity contribution in [2.75, 3.05) is 29.2 Å². The number of nitrogen functional groups attached to an aromatic ring is 1. The van der Waals surface area contributed by atoms with Crippen molar-refractivity contribution in [2.45, 2.75) is 12.8 Å². The fraction of sp³-hybridized carbons (Fsp3) is 0.417. The highest BCUT2D eigenvalue weighted by Gasteiger charge is 2.26. The van der Waals surface area contributed by atoms with Crippen molar-refractivity contribution < 1.29 is 13.2 Å². The van der Waals surface area contributed by atoms with E-state index in [1.807, 2.05) is 12.1 Å². The van der Waals surface area contributed by atoms with Crippen LogP contribution in [0, 0.1) is 0 Å². The molecule has 1 aromatic carbocycles. The van der Waals surface area contributed by atoms with Gasteiger partial charge in [-0.05, 0) is 18.1 Å². The summed E-state index contributed by atoms with van der Waals surface area (Å²) in [5.41, 5.74) is 8.23. The fourth-order valence-electron chi connectivity index (χ4n) is 2.14. The first kappa shape index (κ1) is 12.9. The lowest BCUT2D eigenvalue weighted by Crippen LogP contribution is -2.30. The monoisotopic (exact) mass is 268 g/mol. The van der Waals surface area contributed by atoms with Gasteiger partial charge in [-0.25, -0.2) is 8.42 Å². The second-order valence-electron chi connectivity index (χ2n) is 4.53. The molecule has 1 aliphatic rings. The second-order valence-corrected chi connectivity index (χ2v) is 6.79. The van der Waals surface area contributed by atoms with E-state index >= 15 is 0 Å². The van der Waals surface area contributed by atoms with Crippen LogP contribution in [0.2, 0.25) is 0 Å². The van der Waals surface area contributed by atoms with E-state index in [4.69, 9.17) is 5.73 Å². The number of carbonyl (C=O) groups is 1. The molecule has 1 aliphatic heterocycles. The first-order valence-electron chi connectivity index (χ1n) is 5.74. The van der Waals surface area contributed by atoms with E-state index in [0.717, 1.165) is 23.9 Å². The van der Waals surface area contributed by atoms with Crippen molar-refractivity contribution in [3.63, 3.8) is 0 Å². The topological polar surface area (TPSA) is 80.5 Å². The normalized spacial score (nSPS) is 14.6. The van der Waals surface area contributed by atoms with Crippen LogP contribution in [-0.2, 0) is 21.1 Å². The van der Waals surface area contributed by atoms with Crippen molar-refractivity contribution in [1.82, 2.24) is 0 Å². The van der Waals surface area contributed by atoms with E-state index in [9.17, 15) is 13.2 Å². The van der Waals surface area contributed by atoms with E-state index < -0.39 is 9.84 Å². The summed E-state index contributed by atoms with van der Waals surface area (Å²) in [6, 6.07) is 5.55. The standard InChI is InChI=1S/C12H16N2O3S/c1-18(16,17)8-6-11(15)14-7-5-9-3-2-4-10(13)12(9)14/h2-4H,5-8,13H2,1H3. The van der Waals surface area contributed by atoms with E-state index in [1.54, 1.807) is 11.0 Å². The van der Waals surface area contributed by atoms with Gasteiger partial charge in [-0.3, -0.25) is 4.79 Å². The average molecular weight is 268 g/mol. The van der Waals surface area contributed by atoms with Crippen molar-refractivity contribution >= 4 is 27.1 Å². The van der Waals surface area contributed by atoms with Crippen LogP contribution in [0.15, 0.2) is 18.2 Å². The highest BCUT2D eigenvalue weighted by molar-refractivity contribution is 7.90. The van der Waals surface area contributed by atoms with Crippen LogP contribution < -0.4 is 10.6 Å². The summed E-state index contributed by atoms with van der Waals surface area (Å²) in [5, 5.41) is 0. The molecule has 6 heteroatoms. The molecule has 18 heavy (non-hydrogen) atoms. The number of sulfone groups is 1. The molecule has 1 amide bonds. The molecule has 0 fully saturated rings.